The molecule has 0 bridgehead atoms. The Morgan fingerprint density at radius 1 is 0.654 bits per heavy atom. The van der Waals surface area contributed by atoms with Crippen LogP contribution in [0.25, 0.3) is 38.8 Å². The summed E-state index contributed by atoms with van der Waals surface area (Å²) in [4.78, 5) is 0. The van der Waals surface area contributed by atoms with Crippen LogP contribution < -0.4 is 0 Å². The summed E-state index contributed by atoms with van der Waals surface area (Å²) < 4.78 is 1.90. The zero-order valence-corrected chi connectivity index (χ0v) is 14.3. The second kappa shape index (κ2) is 5.77. The van der Waals surface area contributed by atoms with Crippen LogP contribution in [0.2, 0.25) is 0 Å². The Balaban J connectivity index is 1.83. The fourth-order valence-electron chi connectivity index (χ4n) is 3.44. The monoisotopic (exact) mass is 336 g/mol. The molecule has 0 fully saturated rings. The van der Waals surface area contributed by atoms with Gasteiger partial charge in [-0.15, -0.1) is 10.2 Å². The zero-order valence-electron chi connectivity index (χ0n) is 14.3. The molecule has 0 amide bonds. The minimum Gasteiger partial charge on any atom is -0.212 e. The second-order valence-corrected chi connectivity index (χ2v) is 6.30. The molecule has 0 N–H and O–H groups in total. The van der Waals surface area contributed by atoms with Gasteiger partial charge in [0.25, 0.3) is 0 Å². The van der Waals surface area contributed by atoms with E-state index in [0.29, 0.717) is 0 Å². The largest absolute Gasteiger partial charge is 0.212 e. The first-order valence-corrected chi connectivity index (χ1v) is 8.58. The number of fused-ring (bicyclic) bond motifs is 2. The van der Waals surface area contributed by atoms with Crippen LogP contribution in [-0.2, 0) is 0 Å². The number of hydrogen-bond donors (Lipinski definition) is 0. The van der Waals surface area contributed by atoms with Gasteiger partial charge in [-0.3, -0.25) is 0 Å². The molecule has 0 aliphatic heterocycles. The molecule has 2 aromatic heterocycles. The first-order valence-electron chi connectivity index (χ1n) is 8.58. The molecular formula is C22H16N4. The molecule has 2 heterocycles. The zero-order chi connectivity index (χ0) is 17.5. The number of hydrogen-bond acceptors (Lipinski definition) is 3. The van der Waals surface area contributed by atoms with Crippen molar-refractivity contribution in [3.63, 3.8) is 0 Å². The van der Waals surface area contributed by atoms with Crippen LogP contribution >= 0.6 is 0 Å². The topological polar surface area (TPSA) is 43.6 Å². The molecule has 0 spiro atoms. The molecule has 5 aromatic rings. The molecule has 0 unspecified atom stereocenters. The van der Waals surface area contributed by atoms with Gasteiger partial charge < -0.3 is 0 Å². The van der Waals surface area contributed by atoms with Crippen molar-refractivity contribution in [1.29, 1.82) is 0 Å². The van der Waals surface area contributed by atoms with Crippen molar-refractivity contribution in [2.45, 2.75) is 6.92 Å². The minimum atomic E-state index is 0.754. The lowest BCUT2D eigenvalue weighted by Crippen LogP contribution is -2.04. The summed E-state index contributed by atoms with van der Waals surface area (Å²) in [5.74, 6) is 0.754. The molecule has 4 nitrogen and oxygen atoms in total. The van der Waals surface area contributed by atoms with Gasteiger partial charge in [-0.1, -0.05) is 72.8 Å². The average molecular weight is 336 g/mol. The number of nitrogens with zero attached hydrogens (tertiary/aromatic N) is 4. The number of aromatic nitrogens is 4. The van der Waals surface area contributed by atoms with Gasteiger partial charge in [0.15, 0.2) is 5.82 Å². The quantitative estimate of drug-likeness (QED) is 0.458. The second-order valence-electron chi connectivity index (χ2n) is 6.30. The lowest BCUT2D eigenvalue weighted by Gasteiger charge is -2.10. The van der Waals surface area contributed by atoms with Gasteiger partial charge in [0.2, 0.25) is 0 Å². The molecule has 3 aromatic carbocycles. The van der Waals surface area contributed by atoms with Crippen LogP contribution in [0.3, 0.4) is 0 Å². The maximum absolute atomic E-state index is 4.73. The fourth-order valence-corrected chi connectivity index (χ4v) is 3.44. The number of para-hydroxylation sites is 1. The van der Waals surface area contributed by atoms with E-state index in [9.17, 15) is 0 Å². The molecular weight excluding hydrogens is 320 g/mol. The Kier molecular flexibility index (Phi) is 3.28. The predicted octanol–water partition coefficient (Wildman–Crippen LogP) is 4.94. The standard InChI is InChI=1S/C22H16N4/c1-15-17-11-7-8-14-20(17)26(25-15)22-19-13-6-5-12-18(19)21(23-24-22)16-9-3-2-4-10-16/h2-14H,1H3. The molecule has 0 radical (unpaired) electrons. The molecule has 124 valence electrons. The average Bonchev–Trinajstić information content (AvgIpc) is 3.05. The molecule has 26 heavy (non-hydrogen) atoms. The van der Waals surface area contributed by atoms with Gasteiger partial charge >= 0.3 is 0 Å². The highest BCUT2D eigenvalue weighted by molar-refractivity contribution is 5.98. The maximum atomic E-state index is 4.73. The van der Waals surface area contributed by atoms with Crippen molar-refractivity contribution in [3.05, 3.63) is 84.6 Å². The Bertz CT molecular complexity index is 1240. The van der Waals surface area contributed by atoms with Gasteiger partial charge in [0.1, 0.15) is 5.69 Å². The first kappa shape index (κ1) is 14.8. The molecule has 0 aliphatic carbocycles. The van der Waals surface area contributed by atoms with Crippen LogP contribution in [0.15, 0.2) is 78.9 Å². The molecule has 5 rings (SSSR count). The summed E-state index contributed by atoms with van der Waals surface area (Å²) >= 11 is 0. The summed E-state index contributed by atoms with van der Waals surface area (Å²) in [6, 6.07) is 26.6. The molecule has 0 saturated carbocycles. The van der Waals surface area contributed by atoms with Crippen molar-refractivity contribution in [2.75, 3.05) is 0 Å². The van der Waals surface area contributed by atoms with Gasteiger partial charge in [-0.25, -0.2) is 4.68 Å². The first-order chi connectivity index (χ1) is 12.8. The van der Waals surface area contributed by atoms with Crippen molar-refractivity contribution >= 4 is 21.7 Å². The third-order valence-electron chi connectivity index (χ3n) is 4.69. The van der Waals surface area contributed by atoms with E-state index in [2.05, 4.69) is 46.6 Å². The van der Waals surface area contributed by atoms with E-state index in [1.54, 1.807) is 0 Å². The SMILES string of the molecule is Cc1nn(-c2nnc(-c3ccccc3)c3ccccc23)c2ccccc12. The summed E-state index contributed by atoms with van der Waals surface area (Å²) in [6.45, 7) is 2.02. The number of aryl methyl sites for hydroxylation is 1. The van der Waals surface area contributed by atoms with Gasteiger partial charge in [-0.05, 0) is 13.0 Å². The maximum Gasteiger partial charge on any atom is 0.184 e. The fraction of sp³-hybridized carbons (Fsp3) is 0.0455. The summed E-state index contributed by atoms with van der Waals surface area (Å²) in [5, 5.41) is 17.1. The Morgan fingerprint density at radius 2 is 1.31 bits per heavy atom. The third-order valence-corrected chi connectivity index (χ3v) is 4.69. The Morgan fingerprint density at radius 3 is 2.12 bits per heavy atom. The molecule has 0 saturated heterocycles. The Hall–Kier alpha value is -3.53. The van der Waals surface area contributed by atoms with Gasteiger partial charge in [-0.2, -0.15) is 5.10 Å². The van der Waals surface area contributed by atoms with E-state index in [1.807, 2.05) is 54.1 Å². The van der Waals surface area contributed by atoms with Crippen LogP contribution in [0, 0.1) is 6.92 Å². The number of rotatable bonds is 2. The van der Waals surface area contributed by atoms with E-state index in [-0.39, 0.29) is 0 Å². The van der Waals surface area contributed by atoms with Gasteiger partial charge in [0.05, 0.1) is 11.2 Å². The number of benzene rings is 3. The van der Waals surface area contributed by atoms with Crippen molar-refractivity contribution in [3.8, 4) is 17.1 Å². The van der Waals surface area contributed by atoms with Crippen LogP contribution in [-0.4, -0.2) is 20.0 Å². The van der Waals surface area contributed by atoms with E-state index in [4.69, 9.17) is 5.10 Å². The predicted molar refractivity (Wildman–Crippen MR) is 104 cm³/mol. The summed E-state index contributed by atoms with van der Waals surface area (Å²) in [7, 11) is 0. The minimum absolute atomic E-state index is 0.754. The van der Waals surface area contributed by atoms with E-state index >= 15 is 0 Å². The lowest BCUT2D eigenvalue weighted by atomic mass is 10.0. The molecule has 0 atom stereocenters. The summed E-state index contributed by atoms with van der Waals surface area (Å²) in [6.07, 6.45) is 0. The highest BCUT2D eigenvalue weighted by Crippen LogP contribution is 2.30. The van der Waals surface area contributed by atoms with E-state index in [1.165, 1.54) is 0 Å². The van der Waals surface area contributed by atoms with Crippen LogP contribution in [0.1, 0.15) is 5.69 Å². The van der Waals surface area contributed by atoms with Crippen LogP contribution in [0.4, 0.5) is 0 Å². The summed E-state index contributed by atoms with van der Waals surface area (Å²) in [5.41, 5.74) is 3.97. The van der Waals surface area contributed by atoms with Crippen molar-refractivity contribution in [1.82, 2.24) is 20.0 Å². The smallest absolute Gasteiger partial charge is 0.184 e. The normalized spacial score (nSPS) is 11.3. The van der Waals surface area contributed by atoms with Crippen molar-refractivity contribution in [2.24, 2.45) is 0 Å². The van der Waals surface area contributed by atoms with E-state index in [0.717, 1.165) is 44.4 Å². The van der Waals surface area contributed by atoms with Gasteiger partial charge in [0, 0.05) is 21.7 Å². The third kappa shape index (κ3) is 2.19. The highest BCUT2D eigenvalue weighted by Gasteiger charge is 2.15. The highest BCUT2D eigenvalue weighted by atomic mass is 15.3. The molecule has 0 aliphatic rings. The van der Waals surface area contributed by atoms with Crippen molar-refractivity contribution < 1.29 is 0 Å². The molecule has 4 heteroatoms. The lowest BCUT2D eigenvalue weighted by molar-refractivity contribution is 0.837. The van der Waals surface area contributed by atoms with Crippen LogP contribution in [0.5, 0.6) is 0 Å². The van der Waals surface area contributed by atoms with E-state index < -0.39 is 0 Å². The Labute approximate surface area is 150 Å².